The maximum atomic E-state index is 12.6. The lowest BCUT2D eigenvalue weighted by Gasteiger charge is -2.26. The van der Waals surface area contributed by atoms with Crippen molar-refractivity contribution >= 4 is 24.2 Å². The van der Waals surface area contributed by atoms with E-state index < -0.39 is 23.8 Å². The third-order valence-corrected chi connectivity index (χ3v) is 6.13. The van der Waals surface area contributed by atoms with E-state index in [1.807, 2.05) is 34.6 Å². The van der Waals surface area contributed by atoms with Crippen molar-refractivity contribution in [3.05, 3.63) is 23.8 Å². The number of nitrogens with two attached hydrogens (primary N) is 1. The first-order valence-electron chi connectivity index (χ1n) is 14.2. The van der Waals surface area contributed by atoms with Gasteiger partial charge in [0.2, 0.25) is 0 Å². The molecular weight excluding hydrogens is 534 g/mol. The first kappa shape index (κ1) is 35.7. The molecular formula is C30H47NO10. The Morgan fingerprint density at radius 3 is 1.95 bits per heavy atom. The molecule has 1 rings (SSSR count). The molecule has 0 aromatic heterocycles. The van der Waals surface area contributed by atoms with Gasteiger partial charge in [-0.15, -0.1) is 0 Å². The molecule has 0 saturated heterocycles. The summed E-state index contributed by atoms with van der Waals surface area (Å²) in [6.07, 6.45) is 2.20. The van der Waals surface area contributed by atoms with E-state index in [1.54, 1.807) is 6.07 Å². The highest BCUT2D eigenvalue weighted by molar-refractivity contribution is 5.81. The molecule has 2 N–H and O–H groups in total. The summed E-state index contributed by atoms with van der Waals surface area (Å²) in [6, 6.07) is 4.39. The second-order valence-electron chi connectivity index (χ2n) is 10.8. The van der Waals surface area contributed by atoms with Gasteiger partial charge >= 0.3 is 24.2 Å². The van der Waals surface area contributed by atoms with Crippen molar-refractivity contribution in [2.24, 2.45) is 17.6 Å². The topological polar surface area (TPSA) is 150 Å². The predicted octanol–water partition coefficient (Wildman–Crippen LogP) is 5.74. The number of methoxy groups -OCH3 is 1. The van der Waals surface area contributed by atoms with Crippen LogP contribution in [0, 0.1) is 11.8 Å². The third-order valence-electron chi connectivity index (χ3n) is 6.13. The first-order valence-corrected chi connectivity index (χ1v) is 14.2. The summed E-state index contributed by atoms with van der Waals surface area (Å²) in [7, 11) is 1.21. The van der Waals surface area contributed by atoms with E-state index in [4.69, 9.17) is 34.2 Å². The van der Waals surface area contributed by atoms with Crippen molar-refractivity contribution in [1.82, 2.24) is 0 Å². The summed E-state index contributed by atoms with van der Waals surface area (Å²) in [5.41, 5.74) is 5.35. The summed E-state index contributed by atoms with van der Waals surface area (Å²) < 4.78 is 31.1. The molecule has 0 fully saturated rings. The summed E-state index contributed by atoms with van der Waals surface area (Å²) in [6.45, 7) is 10.2. The van der Waals surface area contributed by atoms with E-state index in [-0.39, 0.29) is 50.1 Å². The molecule has 41 heavy (non-hydrogen) atoms. The van der Waals surface area contributed by atoms with Crippen LogP contribution < -0.4 is 15.2 Å². The molecule has 1 aromatic rings. The Morgan fingerprint density at radius 1 is 0.829 bits per heavy atom. The van der Waals surface area contributed by atoms with Crippen LogP contribution in [0.15, 0.2) is 18.2 Å². The molecule has 0 aliphatic heterocycles. The van der Waals surface area contributed by atoms with Crippen LogP contribution in [0.25, 0.3) is 0 Å². The van der Waals surface area contributed by atoms with Crippen molar-refractivity contribution in [3.63, 3.8) is 0 Å². The highest BCUT2D eigenvalue weighted by atomic mass is 16.7. The van der Waals surface area contributed by atoms with Crippen molar-refractivity contribution in [2.75, 3.05) is 26.9 Å². The molecule has 232 valence electrons. The minimum atomic E-state index is -1.55. The van der Waals surface area contributed by atoms with Crippen molar-refractivity contribution in [1.29, 1.82) is 0 Å². The smallest absolute Gasteiger partial charge is 0.468 e. The summed E-state index contributed by atoms with van der Waals surface area (Å²) in [4.78, 5) is 49.2. The quantitative estimate of drug-likeness (QED) is 0.0979. The van der Waals surface area contributed by atoms with Gasteiger partial charge in [-0.05, 0) is 48.8 Å². The Balaban J connectivity index is 3.07. The Labute approximate surface area is 243 Å². The fraction of sp³-hybridized carbons (Fsp3) is 0.667. The lowest BCUT2D eigenvalue weighted by molar-refractivity contribution is -0.151. The van der Waals surface area contributed by atoms with Crippen molar-refractivity contribution in [3.8, 4) is 11.5 Å². The molecule has 11 nitrogen and oxygen atoms in total. The third kappa shape index (κ3) is 14.7. The monoisotopic (exact) mass is 581 g/mol. The molecule has 0 radical (unpaired) electrons. The zero-order chi connectivity index (χ0) is 30.8. The predicted molar refractivity (Wildman–Crippen MR) is 152 cm³/mol. The number of esters is 2. The maximum absolute atomic E-state index is 12.6. The van der Waals surface area contributed by atoms with Crippen LogP contribution >= 0.6 is 0 Å². The largest absolute Gasteiger partial charge is 0.513 e. The lowest BCUT2D eigenvalue weighted by Crippen LogP contribution is -2.51. The molecule has 0 heterocycles. The summed E-state index contributed by atoms with van der Waals surface area (Å²) in [5.74, 6) is -0.615. The van der Waals surface area contributed by atoms with Crippen LogP contribution in [-0.2, 0) is 35.0 Å². The fourth-order valence-electron chi connectivity index (χ4n) is 3.59. The standard InChI is InChI=1S/C30H47NO10/c1-7-8-9-10-26(32)37-18-15-30(31,27(33)36-6)20-23-11-12-24(40-28(34)38-16-13-21(2)3)25(19-23)41-29(35)39-17-14-22(4)5/h11-12,19,21-22H,7-10,13-18,20,31H2,1-6H3/t30-/m1/s1. The minimum Gasteiger partial charge on any atom is -0.468 e. The van der Waals surface area contributed by atoms with Gasteiger partial charge in [0, 0.05) is 19.3 Å². The average molecular weight is 582 g/mol. The zero-order valence-corrected chi connectivity index (χ0v) is 25.3. The molecule has 1 aromatic carbocycles. The Kier molecular flexibility index (Phi) is 16.5. The van der Waals surface area contributed by atoms with Gasteiger partial charge in [-0.2, -0.15) is 0 Å². The number of hydrogen-bond donors (Lipinski definition) is 1. The van der Waals surface area contributed by atoms with Crippen LogP contribution in [0.1, 0.15) is 85.1 Å². The summed E-state index contributed by atoms with van der Waals surface area (Å²) in [5, 5.41) is 0. The highest BCUT2D eigenvalue weighted by Gasteiger charge is 2.36. The Hall–Kier alpha value is -3.34. The first-order chi connectivity index (χ1) is 19.4. The van der Waals surface area contributed by atoms with Gasteiger partial charge < -0.3 is 34.2 Å². The molecule has 0 bridgehead atoms. The summed E-state index contributed by atoms with van der Waals surface area (Å²) >= 11 is 0. The molecule has 0 unspecified atom stereocenters. The minimum absolute atomic E-state index is 0.00689. The normalized spacial score (nSPS) is 12.4. The van der Waals surface area contributed by atoms with Crippen LogP contribution in [0.2, 0.25) is 0 Å². The van der Waals surface area contributed by atoms with Gasteiger partial charge in [0.15, 0.2) is 11.5 Å². The second-order valence-corrected chi connectivity index (χ2v) is 10.8. The molecule has 0 aliphatic rings. The number of unbranched alkanes of at least 4 members (excludes halogenated alkanes) is 2. The number of carbonyl (C=O) groups is 4. The molecule has 0 saturated carbocycles. The molecule has 0 spiro atoms. The molecule has 11 heteroatoms. The number of rotatable bonds is 18. The number of carbonyl (C=O) groups excluding carboxylic acids is 4. The van der Waals surface area contributed by atoms with Gasteiger partial charge in [0.05, 0.1) is 26.9 Å². The SMILES string of the molecule is CCCCCC(=O)OCC[C@@](N)(Cc1ccc(OC(=O)OCCC(C)C)c(OC(=O)OCCC(C)C)c1)C(=O)OC. The van der Waals surface area contributed by atoms with Gasteiger partial charge in [0.25, 0.3) is 0 Å². The molecule has 1 atom stereocenters. The van der Waals surface area contributed by atoms with Crippen LogP contribution in [0.5, 0.6) is 11.5 Å². The van der Waals surface area contributed by atoms with E-state index >= 15 is 0 Å². The number of benzene rings is 1. The van der Waals surface area contributed by atoms with Crippen LogP contribution in [0.4, 0.5) is 9.59 Å². The number of hydrogen-bond acceptors (Lipinski definition) is 11. The highest BCUT2D eigenvalue weighted by Crippen LogP contribution is 2.31. The Morgan fingerprint density at radius 2 is 1.41 bits per heavy atom. The van der Waals surface area contributed by atoms with E-state index in [9.17, 15) is 19.2 Å². The van der Waals surface area contributed by atoms with Crippen LogP contribution in [-0.4, -0.2) is 56.7 Å². The van der Waals surface area contributed by atoms with E-state index in [0.29, 0.717) is 36.7 Å². The fourth-order valence-corrected chi connectivity index (χ4v) is 3.59. The molecule has 0 amide bonds. The van der Waals surface area contributed by atoms with Gasteiger partial charge in [0.1, 0.15) is 5.54 Å². The average Bonchev–Trinajstić information content (AvgIpc) is 2.89. The lowest BCUT2D eigenvalue weighted by atomic mass is 9.88. The Bertz CT molecular complexity index is 978. The zero-order valence-electron chi connectivity index (χ0n) is 25.3. The van der Waals surface area contributed by atoms with Gasteiger partial charge in [-0.3, -0.25) is 9.59 Å². The van der Waals surface area contributed by atoms with E-state index in [0.717, 1.165) is 19.3 Å². The number of ether oxygens (including phenoxy) is 6. The van der Waals surface area contributed by atoms with Crippen molar-refractivity contribution < 1.29 is 47.6 Å². The second kappa shape index (κ2) is 18.9. The molecule has 0 aliphatic carbocycles. The van der Waals surface area contributed by atoms with E-state index in [2.05, 4.69) is 0 Å². The van der Waals surface area contributed by atoms with E-state index in [1.165, 1.54) is 19.2 Å². The maximum Gasteiger partial charge on any atom is 0.513 e. The van der Waals surface area contributed by atoms with Crippen LogP contribution in [0.3, 0.4) is 0 Å². The van der Waals surface area contributed by atoms with Crippen molar-refractivity contribution in [2.45, 2.75) is 91.5 Å². The van der Waals surface area contributed by atoms with Gasteiger partial charge in [-0.25, -0.2) is 9.59 Å². The van der Waals surface area contributed by atoms with Gasteiger partial charge in [-0.1, -0.05) is 53.5 Å².